The lowest BCUT2D eigenvalue weighted by Gasteiger charge is -2.31. The monoisotopic (exact) mass is 258 g/mol. The van der Waals surface area contributed by atoms with Gasteiger partial charge in [0.05, 0.1) is 6.04 Å². The number of piperazine rings is 1. The van der Waals surface area contributed by atoms with E-state index in [1.54, 1.807) is 0 Å². The van der Waals surface area contributed by atoms with Gasteiger partial charge in [0.15, 0.2) is 0 Å². The molecule has 3 rings (SSSR count). The molecule has 0 aliphatic carbocycles. The lowest BCUT2D eigenvalue weighted by atomic mass is 10.2. The maximum atomic E-state index is 5.95. The Morgan fingerprint density at radius 2 is 2.33 bits per heavy atom. The van der Waals surface area contributed by atoms with Crippen LogP contribution in [-0.4, -0.2) is 30.6 Å². The Labute approximate surface area is 113 Å². The minimum absolute atomic E-state index is 0.334. The fourth-order valence-corrected chi connectivity index (χ4v) is 2.64. The molecule has 2 heterocycles. The van der Waals surface area contributed by atoms with Gasteiger partial charge in [-0.15, -0.1) is 0 Å². The van der Waals surface area contributed by atoms with E-state index in [4.69, 9.17) is 11.6 Å². The van der Waals surface area contributed by atoms with Crippen molar-refractivity contribution in [3.8, 4) is 11.8 Å². The number of fused-ring (bicyclic) bond motifs is 1. The maximum absolute atomic E-state index is 5.95. The second-order valence-electron chi connectivity index (χ2n) is 4.60. The third-order valence-electron chi connectivity index (χ3n) is 3.37. The van der Waals surface area contributed by atoms with Crippen LogP contribution in [0.2, 0.25) is 5.02 Å². The summed E-state index contributed by atoms with van der Waals surface area (Å²) in [4.78, 5) is 2.41. The molecule has 1 saturated heterocycles. The van der Waals surface area contributed by atoms with Crippen molar-refractivity contribution in [1.82, 2.24) is 10.2 Å². The summed E-state index contributed by atoms with van der Waals surface area (Å²) in [5.41, 5.74) is 2.39. The van der Waals surface area contributed by atoms with Gasteiger partial charge in [0, 0.05) is 35.9 Å². The fraction of sp³-hybridized carbons (Fsp3) is 0.333. The van der Waals surface area contributed by atoms with Crippen molar-refractivity contribution < 1.29 is 0 Å². The summed E-state index contributed by atoms with van der Waals surface area (Å²) in [7, 11) is 0. The number of hydrogen-bond donors (Lipinski definition) is 1. The molecule has 1 fully saturated rings. The Morgan fingerprint density at radius 3 is 3.22 bits per heavy atom. The van der Waals surface area contributed by atoms with Crippen molar-refractivity contribution in [2.24, 2.45) is 0 Å². The molecule has 1 aromatic carbocycles. The van der Waals surface area contributed by atoms with E-state index in [9.17, 15) is 0 Å². The molecule has 2 nitrogen and oxygen atoms in total. The van der Waals surface area contributed by atoms with E-state index in [0.29, 0.717) is 6.04 Å². The highest BCUT2D eigenvalue weighted by molar-refractivity contribution is 6.30. The second kappa shape index (κ2) is 5.06. The van der Waals surface area contributed by atoms with E-state index in [1.165, 1.54) is 5.70 Å². The number of hydrogen-bond acceptors (Lipinski definition) is 2. The first kappa shape index (κ1) is 11.6. The van der Waals surface area contributed by atoms with Crippen molar-refractivity contribution in [2.75, 3.05) is 19.6 Å². The largest absolute Gasteiger partial charge is 0.359 e. The molecule has 0 unspecified atom stereocenters. The summed E-state index contributed by atoms with van der Waals surface area (Å²) in [6.45, 7) is 3.09. The first-order valence-corrected chi connectivity index (χ1v) is 6.64. The zero-order chi connectivity index (χ0) is 12.4. The molecule has 0 amide bonds. The molecule has 0 saturated carbocycles. The van der Waals surface area contributed by atoms with Crippen molar-refractivity contribution in [3.63, 3.8) is 0 Å². The van der Waals surface area contributed by atoms with Crippen LogP contribution in [0.25, 0.3) is 0 Å². The van der Waals surface area contributed by atoms with Crippen LogP contribution >= 0.6 is 11.6 Å². The van der Waals surface area contributed by atoms with Crippen LogP contribution < -0.4 is 5.32 Å². The average Bonchev–Trinajstić information content (AvgIpc) is 2.80. The molecule has 1 atom stereocenters. The van der Waals surface area contributed by atoms with Gasteiger partial charge >= 0.3 is 0 Å². The fourth-order valence-electron chi connectivity index (χ4n) is 2.45. The van der Waals surface area contributed by atoms with Crippen molar-refractivity contribution in [3.05, 3.63) is 46.6 Å². The van der Waals surface area contributed by atoms with Gasteiger partial charge in [-0.1, -0.05) is 35.6 Å². The molecule has 3 heteroatoms. The third kappa shape index (κ3) is 2.38. The van der Waals surface area contributed by atoms with Crippen LogP contribution in [0.4, 0.5) is 0 Å². The second-order valence-corrected chi connectivity index (χ2v) is 5.03. The Kier molecular flexibility index (Phi) is 3.27. The van der Waals surface area contributed by atoms with Gasteiger partial charge in [-0.2, -0.15) is 0 Å². The quantitative estimate of drug-likeness (QED) is 0.718. The summed E-state index contributed by atoms with van der Waals surface area (Å²) in [5.74, 6) is 6.59. The van der Waals surface area contributed by atoms with Gasteiger partial charge in [0.2, 0.25) is 0 Å². The zero-order valence-corrected chi connectivity index (χ0v) is 10.9. The molecule has 1 aromatic rings. The first-order chi connectivity index (χ1) is 8.83. The SMILES string of the molecule is Clc1cccc(C#C[C@@H]2CC=C3CNCCN32)c1. The Morgan fingerprint density at radius 1 is 1.39 bits per heavy atom. The normalized spacial score (nSPS) is 21.9. The minimum Gasteiger partial charge on any atom is -0.359 e. The van der Waals surface area contributed by atoms with E-state index in [-0.39, 0.29) is 0 Å². The van der Waals surface area contributed by atoms with Gasteiger partial charge in [-0.3, -0.25) is 0 Å². The molecule has 92 valence electrons. The summed E-state index contributed by atoms with van der Waals surface area (Å²) in [6, 6.07) is 8.06. The Balaban J connectivity index is 1.75. The van der Waals surface area contributed by atoms with Crippen LogP contribution in [0.15, 0.2) is 36.0 Å². The van der Waals surface area contributed by atoms with E-state index in [1.807, 2.05) is 24.3 Å². The summed E-state index contributed by atoms with van der Waals surface area (Å²) in [6.07, 6.45) is 3.33. The maximum Gasteiger partial charge on any atom is 0.0940 e. The molecule has 0 aromatic heterocycles. The molecule has 0 radical (unpaired) electrons. The van der Waals surface area contributed by atoms with E-state index in [2.05, 4.69) is 28.1 Å². The lowest BCUT2D eigenvalue weighted by molar-refractivity contribution is 0.289. The standard InChI is InChI=1S/C15H15ClN2/c16-13-3-1-2-12(10-13)4-5-14-6-7-15-11-17-8-9-18(14)15/h1-3,7,10,14,17H,6,8-9,11H2/t14-/m1/s1. The van der Waals surface area contributed by atoms with Crippen molar-refractivity contribution >= 4 is 11.6 Å². The predicted octanol–water partition coefficient (Wildman–Crippen LogP) is 2.25. The van der Waals surface area contributed by atoms with Crippen molar-refractivity contribution in [1.29, 1.82) is 0 Å². The van der Waals surface area contributed by atoms with Gasteiger partial charge in [-0.25, -0.2) is 0 Å². The summed E-state index contributed by atoms with van der Waals surface area (Å²) >= 11 is 5.95. The third-order valence-corrected chi connectivity index (χ3v) is 3.60. The van der Waals surface area contributed by atoms with Crippen LogP contribution in [0.1, 0.15) is 12.0 Å². The highest BCUT2D eigenvalue weighted by Gasteiger charge is 2.25. The zero-order valence-electron chi connectivity index (χ0n) is 10.1. The molecule has 2 aliphatic rings. The van der Waals surface area contributed by atoms with Gasteiger partial charge < -0.3 is 10.2 Å². The van der Waals surface area contributed by atoms with Crippen molar-refractivity contribution in [2.45, 2.75) is 12.5 Å². The highest BCUT2D eigenvalue weighted by atomic mass is 35.5. The van der Waals surface area contributed by atoms with Crippen LogP contribution in [0.5, 0.6) is 0 Å². The van der Waals surface area contributed by atoms with Gasteiger partial charge in [-0.05, 0) is 24.6 Å². The van der Waals surface area contributed by atoms with E-state index >= 15 is 0 Å². The number of benzene rings is 1. The van der Waals surface area contributed by atoms with E-state index in [0.717, 1.165) is 36.6 Å². The summed E-state index contributed by atoms with van der Waals surface area (Å²) < 4.78 is 0. The topological polar surface area (TPSA) is 15.3 Å². The highest BCUT2D eigenvalue weighted by Crippen LogP contribution is 2.22. The number of halogens is 1. The van der Waals surface area contributed by atoms with Gasteiger partial charge in [0.25, 0.3) is 0 Å². The van der Waals surface area contributed by atoms with Gasteiger partial charge in [0.1, 0.15) is 0 Å². The molecule has 18 heavy (non-hydrogen) atoms. The number of nitrogens with zero attached hydrogens (tertiary/aromatic N) is 1. The average molecular weight is 259 g/mol. The summed E-state index contributed by atoms with van der Waals surface area (Å²) in [5, 5.41) is 4.13. The molecule has 0 spiro atoms. The van der Waals surface area contributed by atoms with Crippen LogP contribution in [0.3, 0.4) is 0 Å². The molecular weight excluding hydrogens is 244 g/mol. The van der Waals surface area contributed by atoms with Crippen LogP contribution in [-0.2, 0) is 0 Å². The molecular formula is C15H15ClN2. The lowest BCUT2D eigenvalue weighted by Crippen LogP contribution is -2.43. The van der Waals surface area contributed by atoms with E-state index < -0.39 is 0 Å². The first-order valence-electron chi connectivity index (χ1n) is 6.26. The van der Waals surface area contributed by atoms with Crippen LogP contribution in [0, 0.1) is 11.8 Å². The molecule has 2 aliphatic heterocycles. The smallest absolute Gasteiger partial charge is 0.0940 e. The predicted molar refractivity (Wildman–Crippen MR) is 74.4 cm³/mol. The number of rotatable bonds is 0. The Bertz CT molecular complexity index is 539. The number of nitrogens with one attached hydrogen (secondary N) is 1. The molecule has 0 bridgehead atoms. The molecule has 1 N–H and O–H groups in total. The minimum atomic E-state index is 0.334. The Hall–Kier alpha value is -1.43.